The molecule has 0 amide bonds. The number of hydrogen-bond acceptors (Lipinski definition) is 3. The molecule has 0 saturated carbocycles. The number of carbonyl (C=O) groups is 1. The first kappa shape index (κ1) is 22.3. The summed E-state index contributed by atoms with van der Waals surface area (Å²) in [6, 6.07) is 10.6. The third-order valence-corrected chi connectivity index (χ3v) is 4.12. The summed E-state index contributed by atoms with van der Waals surface area (Å²) < 4.78 is 0. The van der Waals surface area contributed by atoms with Gasteiger partial charge in [0.15, 0.2) is 5.78 Å². The topological polar surface area (TPSA) is 55.1 Å². The van der Waals surface area contributed by atoms with Crippen LogP contribution in [0.5, 0.6) is 0 Å². The zero-order valence-electron chi connectivity index (χ0n) is 15.6. The lowest BCUT2D eigenvalue weighted by atomic mass is 9.99. The molecule has 1 aromatic rings. The Hall–Kier alpha value is -1.71. The monoisotopic (exact) mass is 330 g/mol. The molecule has 3 heteroatoms. The molecule has 0 saturated heterocycles. The molecule has 3 nitrogen and oxygen atoms in total. The van der Waals surface area contributed by atoms with Crippen LogP contribution in [-0.2, 0) is 4.79 Å². The molecule has 2 unspecified atom stereocenters. The number of nitrogens with two attached hydrogens (primary N) is 1. The van der Waals surface area contributed by atoms with Crippen LogP contribution in [0.3, 0.4) is 0 Å². The normalized spacial score (nSPS) is 19.6. The fraction of sp³-hybridized carbons (Fsp3) is 0.476. The van der Waals surface area contributed by atoms with Gasteiger partial charge < -0.3 is 11.1 Å². The summed E-state index contributed by atoms with van der Waals surface area (Å²) in [6.07, 6.45) is 5.87. The van der Waals surface area contributed by atoms with Crippen molar-refractivity contribution in [3.8, 4) is 0 Å². The van der Waals surface area contributed by atoms with Crippen molar-refractivity contribution < 1.29 is 4.79 Å². The van der Waals surface area contributed by atoms with Crippen LogP contribution in [0.1, 0.15) is 38.7 Å². The van der Waals surface area contributed by atoms with Crippen LogP contribution >= 0.6 is 0 Å². The third-order valence-electron chi connectivity index (χ3n) is 4.12. The molecule has 2 atom stereocenters. The fourth-order valence-corrected chi connectivity index (χ4v) is 2.45. The summed E-state index contributed by atoms with van der Waals surface area (Å²) in [4.78, 5) is 11.1. The van der Waals surface area contributed by atoms with Crippen LogP contribution in [-0.4, -0.2) is 24.9 Å². The molecule has 1 aromatic carbocycles. The van der Waals surface area contributed by atoms with E-state index in [4.69, 9.17) is 5.73 Å². The van der Waals surface area contributed by atoms with Crippen LogP contribution in [0.2, 0.25) is 0 Å². The van der Waals surface area contributed by atoms with E-state index in [1.807, 2.05) is 18.2 Å². The minimum atomic E-state index is 0.0818. The van der Waals surface area contributed by atoms with E-state index in [2.05, 4.69) is 57.5 Å². The van der Waals surface area contributed by atoms with Crippen LogP contribution < -0.4 is 11.1 Å². The van der Waals surface area contributed by atoms with E-state index in [1.165, 1.54) is 24.0 Å². The molecule has 1 aliphatic rings. The van der Waals surface area contributed by atoms with E-state index in [9.17, 15) is 4.79 Å². The largest absolute Gasteiger partial charge is 0.324 e. The summed E-state index contributed by atoms with van der Waals surface area (Å²) in [5.41, 5.74) is 8.02. The molecular formula is C21H34N2O. The van der Waals surface area contributed by atoms with E-state index in [1.54, 1.807) is 0 Å². The van der Waals surface area contributed by atoms with Gasteiger partial charge in [0.05, 0.1) is 13.1 Å². The Balaban J connectivity index is 0.000000488. The van der Waals surface area contributed by atoms with Gasteiger partial charge in [0.1, 0.15) is 0 Å². The molecule has 0 radical (unpaired) electrons. The number of benzene rings is 1. The number of ketones is 1. The van der Waals surface area contributed by atoms with Gasteiger partial charge in [0.25, 0.3) is 0 Å². The summed E-state index contributed by atoms with van der Waals surface area (Å²) in [6.45, 7) is 13.1. The molecule has 1 aliphatic carbocycles. The zero-order chi connectivity index (χ0) is 18.4. The van der Waals surface area contributed by atoms with Gasteiger partial charge in [-0.2, -0.15) is 0 Å². The highest BCUT2D eigenvalue weighted by Gasteiger charge is 2.14. The predicted octanol–water partition coefficient (Wildman–Crippen LogP) is 4.04. The molecular weight excluding hydrogens is 296 g/mol. The Labute approximate surface area is 148 Å². The fourth-order valence-electron chi connectivity index (χ4n) is 2.45. The van der Waals surface area contributed by atoms with Gasteiger partial charge in [-0.05, 0) is 32.6 Å². The van der Waals surface area contributed by atoms with E-state index in [0.717, 1.165) is 6.42 Å². The van der Waals surface area contributed by atoms with Crippen LogP contribution in [0, 0.1) is 12.8 Å². The maximum absolute atomic E-state index is 11.1. The standard InChI is InChI=1S/C12H22N2O.C7H8.C2H4/c1-9-4-3-5-11(6-10(9)2)14-8-12(15)7-13;1-7-5-3-2-4-6-7;1-2/h6,9,11,14H,3-5,7-8,13H2,1-2H3;2-6H,1H3;1-2H2. The van der Waals surface area contributed by atoms with Gasteiger partial charge in [-0.15, -0.1) is 13.2 Å². The molecule has 0 fully saturated rings. The highest BCUT2D eigenvalue weighted by atomic mass is 16.1. The first-order chi connectivity index (χ1) is 11.5. The Morgan fingerprint density at radius 2 is 1.83 bits per heavy atom. The molecule has 134 valence electrons. The van der Waals surface area contributed by atoms with E-state index in [-0.39, 0.29) is 12.3 Å². The van der Waals surface area contributed by atoms with Gasteiger partial charge in [-0.25, -0.2) is 0 Å². The zero-order valence-corrected chi connectivity index (χ0v) is 15.6. The second-order valence-corrected chi connectivity index (χ2v) is 6.13. The lowest BCUT2D eigenvalue weighted by molar-refractivity contribution is -0.117. The number of hydrogen-bond donors (Lipinski definition) is 2. The molecule has 0 heterocycles. The average Bonchev–Trinajstić information content (AvgIpc) is 2.77. The van der Waals surface area contributed by atoms with Crippen molar-refractivity contribution in [3.05, 3.63) is 60.7 Å². The summed E-state index contributed by atoms with van der Waals surface area (Å²) in [7, 11) is 0. The Kier molecular flexibility index (Phi) is 12.7. The van der Waals surface area contributed by atoms with Crippen molar-refractivity contribution in [2.45, 2.75) is 46.1 Å². The molecule has 3 N–H and O–H groups in total. The van der Waals surface area contributed by atoms with Crippen molar-refractivity contribution >= 4 is 5.78 Å². The maximum atomic E-state index is 11.1. The first-order valence-corrected chi connectivity index (χ1v) is 8.68. The number of nitrogens with one attached hydrogen (secondary N) is 1. The van der Waals surface area contributed by atoms with Crippen molar-refractivity contribution in [1.82, 2.24) is 5.32 Å². The number of carbonyl (C=O) groups excluding carboxylic acids is 1. The van der Waals surface area contributed by atoms with Crippen molar-refractivity contribution in [2.75, 3.05) is 13.1 Å². The smallest absolute Gasteiger partial charge is 0.160 e. The second-order valence-electron chi connectivity index (χ2n) is 6.13. The van der Waals surface area contributed by atoms with Gasteiger partial charge in [0.2, 0.25) is 0 Å². The SMILES string of the molecule is C=C.CC1=CC(NCC(=O)CN)CCCC1C.Cc1ccccc1. The molecule has 0 aliphatic heterocycles. The minimum Gasteiger partial charge on any atom is -0.324 e. The number of aryl methyl sites for hydroxylation is 1. The molecule has 0 aromatic heterocycles. The van der Waals surface area contributed by atoms with Crippen LogP contribution in [0.15, 0.2) is 55.1 Å². The van der Waals surface area contributed by atoms with Crippen molar-refractivity contribution in [2.24, 2.45) is 11.7 Å². The Morgan fingerprint density at radius 1 is 1.21 bits per heavy atom. The van der Waals surface area contributed by atoms with Gasteiger partial charge in [-0.3, -0.25) is 4.79 Å². The van der Waals surface area contributed by atoms with E-state index >= 15 is 0 Å². The van der Waals surface area contributed by atoms with E-state index in [0.29, 0.717) is 18.5 Å². The first-order valence-electron chi connectivity index (χ1n) is 8.68. The summed E-state index contributed by atoms with van der Waals surface area (Å²) in [5, 5.41) is 3.26. The van der Waals surface area contributed by atoms with Gasteiger partial charge >= 0.3 is 0 Å². The van der Waals surface area contributed by atoms with E-state index < -0.39 is 0 Å². The lowest BCUT2D eigenvalue weighted by Gasteiger charge is -2.12. The molecule has 0 spiro atoms. The number of allylic oxidation sites excluding steroid dienone is 1. The van der Waals surface area contributed by atoms with Crippen LogP contribution in [0.25, 0.3) is 0 Å². The third kappa shape index (κ3) is 10.1. The molecule has 2 rings (SSSR count). The molecule has 0 bridgehead atoms. The van der Waals surface area contributed by atoms with Crippen LogP contribution in [0.4, 0.5) is 0 Å². The highest BCUT2D eigenvalue weighted by molar-refractivity contribution is 5.82. The summed E-state index contributed by atoms with van der Waals surface area (Å²) >= 11 is 0. The molecule has 24 heavy (non-hydrogen) atoms. The number of Topliss-reactive ketones (excluding diaryl/α,β-unsaturated/α-hetero) is 1. The van der Waals surface area contributed by atoms with Gasteiger partial charge in [0, 0.05) is 6.04 Å². The maximum Gasteiger partial charge on any atom is 0.160 e. The number of rotatable bonds is 4. The summed E-state index contributed by atoms with van der Waals surface area (Å²) in [5.74, 6) is 0.764. The Morgan fingerprint density at radius 3 is 2.33 bits per heavy atom. The van der Waals surface area contributed by atoms with Crippen molar-refractivity contribution in [1.29, 1.82) is 0 Å². The quantitative estimate of drug-likeness (QED) is 0.819. The second kappa shape index (κ2) is 13.7. The Bertz CT molecular complexity index is 482. The minimum absolute atomic E-state index is 0.0818. The lowest BCUT2D eigenvalue weighted by Crippen LogP contribution is -2.34. The van der Waals surface area contributed by atoms with Crippen molar-refractivity contribution in [3.63, 3.8) is 0 Å². The average molecular weight is 331 g/mol. The van der Waals surface area contributed by atoms with Gasteiger partial charge in [-0.1, -0.05) is 60.9 Å². The predicted molar refractivity (Wildman–Crippen MR) is 105 cm³/mol. The highest BCUT2D eigenvalue weighted by Crippen LogP contribution is 2.22.